The van der Waals surface area contributed by atoms with Crippen LogP contribution in [0.4, 0.5) is 0 Å². The van der Waals surface area contributed by atoms with Crippen molar-refractivity contribution < 1.29 is 13.0 Å². The highest BCUT2D eigenvalue weighted by molar-refractivity contribution is 7.85. The van der Waals surface area contributed by atoms with Crippen LogP contribution in [0.2, 0.25) is 0 Å². The molecule has 0 aliphatic rings. The number of unbranched alkanes of at least 4 members (excludes halogenated alkanes) is 9. The third-order valence-electron chi connectivity index (χ3n) is 4.05. The number of aryl methyl sites for hydroxylation is 1. The monoisotopic (exact) mass is 444 g/mol. The van der Waals surface area contributed by atoms with Crippen molar-refractivity contribution in [1.82, 2.24) is 0 Å². The summed E-state index contributed by atoms with van der Waals surface area (Å²) in [6.45, 7) is 2.24. The fraction of sp³-hybridized carbons (Fsp3) is 0.684. The van der Waals surface area contributed by atoms with E-state index < -0.39 is 14.4 Å². The fourth-order valence-electron chi connectivity index (χ4n) is 2.76. The molecule has 0 saturated heterocycles. The molecule has 0 atom stereocenters. The lowest BCUT2D eigenvalue weighted by molar-refractivity contribution is 0.481. The van der Waals surface area contributed by atoms with E-state index in [1.165, 1.54) is 57.4 Å². The smallest absolute Gasteiger partial charge is 0.282 e. The van der Waals surface area contributed by atoms with Crippen LogP contribution in [0.25, 0.3) is 0 Å². The third-order valence-corrected chi connectivity index (χ3v) is 5.00. The van der Waals surface area contributed by atoms with Crippen LogP contribution >= 0.6 is 34.8 Å². The van der Waals surface area contributed by atoms with Gasteiger partial charge in [0.2, 0.25) is 0 Å². The minimum absolute atomic E-state index is 0.0610. The molecule has 1 aromatic carbocycles. The minimum atomic E-state index is -4.10. The van der Waals surface area contributed by atoms with Crippen LogP contribution in [0.1, 0.15) is 76.7 Å². The molecule has 0 saturated carbocycles. The van der Waals surface area contributed by atoms with E-state index in [4.69, 9.17) is 34.8 Å². The van der Waals surface area contributed by atoms with Crippen molar-refractivity contribution in [3.63, 3.8) is 0 Å². The van der Waals surface area contributed by atoms with Crippen LogP contribution in [0.15, 0.2) is 29.2 Å². The molecule has 152 valence electrons. The Morgan fingerprint density at radius 2 is 1.27 bits per heavy atom. The van der Waals surface area contributed by atoms with Crippen molar-refractivity contribution >= 4 is 44.9 Å². The first-order valence-corrected chi connectivity index (χ1v) is 12.0. The topological polar surface area (TPSA) is 54.4 Å². The van der Waals surface area contributed by atoms with Gasteiger partial charge in [0.05, 0.1) is 4.90 Å². The Hall–Kier alpha value is -0.000000000000000111. The van der Waals surface area contributed by atoms with Gasteiger partial charge in [-0.2, -0.15) is 8.42 Å². The highest BCUT2D eigenvalue weighted by atomic mass is 35.6. The molecule has 0 heterocycles. The lowest BCUT2D eigenvalue weighted by atomic mass is 10.0. The molecule has 0 amide bonds. The van der Waals surface area contributed by atoms with Gasteiger partial charge in [0.1, 0.15) is 0 Å². The van der Waals surface area contributed by atoms with E-state index in [0.717, 1.165) is 18.4 Å². The van der Waals surface area contributed by atoms with Crippen molar-refractivity contribution in [2.45, 2.75) is 86.7 Å². The van der Waals surface area contributed by atoms with E-state index in [1.54, 1.807) is 12.1 Å². The van der Waals surface area contributed by atoms with Gasteiger partial charge in [0.15, 0.2) is 4.30 Å². The van der Waals surface area contributed by atoms with Gasteiger partial charge in [-0.1, -0.05) is 118 Å². The van der Waals surface area contributed by atoms with Gasteiger partial charge in [-0.3, -0.25) is 4.55 Å². The van der Waals surface area contributed by atoms with E-state index in [9.17, 15) is 13.0 Å². The summed E-state index contributed by atoms with van der Waals surface area (Å²) in [7, 11) is -4.10. The molecule has 0 aliphatic heterocycles. The molecule has 0 spiro atoms. The number of benzene rings is 1. The van der Waals surface area contributed by atoms with Crippen molar-refractivity contribution in [3.8, 4) is 0 Å². The number of halogens is 3. The van der Waals surface area contributed by atoms with Crippen LogP contribution in [0, 0.1) is 0 Å². The number of hydrogen-bond donors (Lipinski definition) is 1. The SMILES string of the molecule is CCCCCCCCCCCCc1ccccc1S(=O)(=O)O.ClC(Cl)Cl. The maximum absolute atomic E-state index is 11.3. The first kappa shape index (κ1) is 26.0. The Bertz CT molecular complexity index is 560. The Kier molecular flexibility index (Phi) is 16.0. The predicted molar refractivity (Wildman–Crippen MR) is 113 cm³/mol. The molecular weight excluding hydrogens is 415 g/mol. The quantitative estimate of drug-likeness (QED) is 0.207. The summed E-state index contributed by atoms with van der Waals surface area (Å²) in [5.41, 5.74) is 0.726. The molecule has 0 fully saturated rings. The number of rotatable bonds is 12. The molecular formula is C19H31Cl3O3S. The molecule has 1 aromatic rings. The van der Waals surface area contributed by atoms with Crippen molar-refractivity contribution in [2.24, 2.45) is 0 Å². The average molecular weight is 446 g/mol. The van der Waals surface area contributed by atoms with Gasteiger partial charge in [0.25, 0.3) is 10.1 Å². The van der Waals surface area contributed by atoms with Crippen LogP contribution in [-0.4, -0.2) is 17.3 Å². The maximum atomic E-state index is 11.3. The minimum Gasteiger partial charge on any atom is -0.282 e. The third kappa shape index (κ3) is 15.1. The van der Waals surface area contributed by atoms with Gasteiger partial charge in [-0.15, -0.1) is 0 Å². The van der Waals surface area contributed by atoms with Gasteiger partial charge in [-0.05, 0) is 24.5 Å². The zero-order valence-corrected chi connectivity index (χ0v) is 18.6. The number of alkyl halides is 3. The van der Waals surface area contributed by atoms with Crippen molar-refractivity contribution in [2.75, 3.05) is 0 Å². The first-order chi connectivity index (χ1) is 12.3. The Morgan fingerprint density at radius 1 is 0.846 bits per heavy atom. The molecule has 3 nitrogen and oxygen atoms in total. The summed E-state index contributed by atoms with van der Waals surface area (Å²) in [4.78, 5) is 0.0610. The zero-order valence-electron chi connectivity index (χ0n) is 15.5. The van der Waals surface area contributed by atoms with Gasteiger partial charge in [0, 0.05) is 0 Å². The second-order valence-corrected chi connectivity index (χ2v) is 9.63. The second kappa shape index (κ2) is 16.0. The molecule has 7 heteroatoms. The van der Waals surface area contributed by atoms with Gasteiger partial charge >= 0.3 is 0 Å². The molecule has 0 radical (unpaired) electrons. The molecule has 0 aliphatic carbocycles. The van der Waals surface area contributed by atoms with Crippen LogP contribution in [0.3, 0.4) is 0 Å². The maximum Gasteiger partial charge on any atom is 0.294 e. The second-order valence-electron chi connectivity index (χ2n) is 6.26. The van der Waals surface area contributed by atoms with Crippen molar-refractivity contribution in [3.05, 3.63) is 29.8 Å². The van der Waals surface area contributed by atoms with Crippen LogP contribution in [0.5, 0.6) is 0 Å². The van der Waals surface area contributed by atoms with E-state index in [1.807, 2.05) is 6.07 Å². The first-order valence-electron chi connectivity index (χ1n) is 9.26. The van der Waals surface area contributed by atoms with Gasteiger partial charge in [-0.25, -0.2) is 0 Å². The normalized spacial score (nSPS) is 11.3. The largest absolute Gasteiger partial charge is 0.294 e. The van der Waals surface area contributed by atoms with E-state index in [2.05, 4.69) is 6.92 Å². The average Bonchev–Trinajstić information content (AvgIpc) is 2.55. The van der Waals surface area contributed by atoms with Crippen LogP contribution < -0.4 is 0 Å². The Balaban J connectivity index is 0.00000141. The van der Waals surface area contributed by atoms with Crippen LogP contribution in [-0.2, 0) is 16.5 Å². The summed E-state index contributed by atoms with van der Waals surface area (Å²) >= 11 is 14.4. The highest BCUT2D eigenvalue weighted by Crippen LogP contribution is 2.18. The summed E-state index contributed by atoms with van der Waals surface area (Å²) in [6.07, 6.45) is 13.3. The predicted octanol–water partition coefficient (Wildman–Crippen LogP) is 7.38. The highest BCUT2D eigenvalue weighted by Gasteiger charge is 2.13. The van der Waals surface area contributed by atoms with Gasteiger partial charge < -0.3 is 0 Å². The lowest BCUT2D eigenvalue weighted by Gasteiger charge is -2.07. The lowest BCUT2D eigenvalue weighted by Crippen LogP contribution is -2.03. The molecule has 26 heavy (non-hydrogen) atoms. The molecule has 1 rings (SSSR count). The molecule has 1 N–H and O–H groups in total. The van der Waals surface area contributed by atoms with E-state index in [-0.39, 0.29) is 4.90 Å². The fourth-order valence-corrected chi connectivity index (χ4v) is 3.52. The summed E-state index contributed by atoms with van der Waals surface area (Å²) in [6, 6.07) is 6.73. The summed E-state index contributed by atoms with van der Waals surface area (Å²) in [5.74, 6) is 0. The number of hydrogen-bond acceptors (Lipinski definition) is 2. The van der Waals surface area contributed by atoms with Crippen molar-refractivity contribution in [1.29, 1.82) is 0 Å². The zero-order chi connectivity index (χ0) is 19.8. The molecule has 0 bridgehead atoms. The Morgan fingerprint density at radius 3 is 1.73 bits per heavy atom. The summed E-state index contributed by atoms with van der Waals surface area (Å²) < 4.78 is 31.0. The summed E-state index contributed by atoms with van der Waals surface area (Å²) in [5, 5.41) is 0. The molecule has 0 aromatic heterocycles. The van der Waals surface area contributed by atoms with E-state index in [0.29, 0.717) is 6.42 Å². The molecule has 0 unspecified atom stereocenters. The van der Waals surface area contributed by atoms with E-state index >= 15 is 0 Å². The Labute approximate surface area is 174 Å². The standard InChI is InChI=1S/C18H30O3S.CHCl3/c1-2-3-4-5-6-7-8-9-10-11-14-17-15-12-13-16-18(17)22(19,20)21;2-1(3)4/h12-13,15-16H,2-11,14H2,1H3,(H,19,20,21);1H.